The van der Waals surface area contributed by atoms with Crippen LogP contribution in [0.25, 0.3) is 0 Å². The maximum Gasteiger partial charge on any atom is 0.129 e. The normalized spacial score (nSPS) is 10.1. The van der Waals surface area contributed by atoms with Crippen molar-refractivity contribution in [3.63, 3.8) is 0 Å². The van der Waals surface area contributed by atoms with Crippen LogP contribution in [0.15, 0.2) is 41.0 Å². The van der Waals surface area contributed by atoms with Crippen LogP contribution in [0, 0.1) is 17.1 Å². The van der Waals surface area contributed by atoms with Crippen molar-refractivity contribution in [2.75, 3.05) is 0 Å². The quantitative estimate of drug-likeness (QED) is 0.812. The van der Waals surface area contributed by atoms with E-state index in [9.17, 15) is 4.39 Å². The third-order valence-corrected chi connectivity index (χ3v) is 2.27. The number of hydrogen-bond acceptors (Lipinski definition) is 3. The summed E-state index contributed by atoms with van der Waals surface area (Å²) in [6.07, 6.45) is 1.56. The molecule has 0 unspecified atom stereocenters. The van der Waals surface area contributed by atoms with Crippen LogP contribution in [0.2, 0.25) is 0 Å². The van der Waals surface area contributed by atoms with E-state index in [2.05, 4.69) is 0 Å². The summed E-state index contributed by atoms with van der Waals surface area (Å²) in [6.45, 7) is 0.482. The van der Waals surface area contributed by atoms with E-state index in [0.29, 0.717) is 23.5 Å². The van der Waals surface area contributed by atoms with Crippen molar-refractivity contribution in [1.82, 2.24) is 0 Å². The van der Waals surface area contributed by atoms with Crippen LogP contribution >= 0.6 is 0 Å². The zero-order valence-electron chi connectivity index (χ0n) is 9.02. The summed E-state index contributed by atoms with van der Waals surface area (Å²) in [4.78, 5) is 0. The van der Waals surface area contributed by atoms with Gasteiger partial charge in [-0.3, -0.25) is 0 Å². The maximum atomic E-state index is 13.0. The number of halogens is 1. The third kappa shape index (κ3) is 2.92. The van der Waals surface area contributed by atoms with Crippen LogP contribution in [-0.2, 0) is 18.0 Å². The van der Waals surface area contributed by atoms with Crippen molar-refractivity contribution in [2.24, 2.45) is 0 Å². The van der Waals surface area contributed by atoms with E-state index in [0.717, 1.165) is 0 Å². The average molecular weight is 231 g/mol. The molecule has 0 saturated carbocycles. The molecule has 1 heterocycles. The second-order valence-electron chi connectivity index (χ2n) is 3.49. The predicted octanol–water partition coefficient (Wildman–Crippen LogP) is 3.01. The second kappa shape index (κ2) is 5.28. The van der Waals surface area contributed by atoms with E-state index in [4.69, 9.17) is 14.4 Å². The molecular formula is C13H10FNO2. The number of hydrogen-bond donors (Lipinski definition) is 0. The number of furan rings is 1. The highest BCUT2D eigenvalue weighted by molar-refractivity contribution is 5.37. The molecule has 0 radical (unpaired) electrons. The fourth-order valence-corrected chi connectivity index (χ4v) is 1.45. The molecule has 2 rings (SSSR count). The first-order chi connectivity index (χ1) is 8.29. The summed E-state index contributed by atoms with van der Waals surface area (Å²) in [5, 5.41) is 8.85. The molecule has 0 saturated heterocycles. The minimum Gasteiger partial charge on any atom is -0.467 e. The van der Waals surface area contributed by atoms with Crippen LogP contribution in [0.1, 0.15) is 16.9 Å². The third-order valence-electron chi connectivity index (χ3n) is 2.27. The van der Waals surface area contributed by atoms with Gasteiger partial charge in [-0.1, -0.05) is 0 Å². The van der Waals surface area contributed by atoms with Gasteiger partial charge in [-0.15, -0.1) is 0 Å². The Morgan fingerprint density at radius 2 is 2.18 bits per heavy atom. The Kier molecular flexibility index (Phi) is 3.53. The Balaban J connectivity index is 1.99. The molecule has 1 aromatic carbocycles. The summed E-state index contributed by atoms with van der Waals surface area (Å²) in [6, 6.07) is 9.56. The molecule has 0 amide bonds. The lowest BCUT2D eigenvalue weighted by atomic mass is 10.1. The van der Waals surface area contributed by atoms with E-state index in [1.165, 1.54) is 18.2 Å². The topological polar surface area (TPSA) is 46.2 Å². The zero-order valence-corrected chi connectivity index (χ0v) is 9.02. The van der Waals surface area contributed by atoms with Gasteiger partial charge < -0.3 is 9.15 Å². The van der Waals surface area contributed by atoms with Gasteiger partial charge in [0.15, 0.2) is 0 Å². The molecule has 0 aliphatic carbocycles. The van der Waals surface area contributed by atoms with Crippen LogP contribution in [0.5, 0.6) is 0 Å². The molecule has 3 nitrogen and oxygen atoms in total. The smallest absolute Gasteiger partial charge is 0.129 e. The van der Waals surface area contributed by atoms with Crippen LogP contribution in [0.4, 0.5) is 4.39 Å². The fraction of sp³-hybridized carbons (Fsp3) is 0.154. The molecule has 0 bridgehead atoms. The summed E-state index contributed by atoms with van der Waals surface area (Å²) >= 11 is 0. The summed E-state index contributed by atoms with van der Waals surface area (Å²) in [5.74, 6) is 0.320. The molecule has 0 N–H and O–H groups in total. The molecule has 1 aromatic heterocycles. The molecule has 0 aliphatic rings. The monoisotopic (exact) mass is 231 g/mol. The molecular weight excluding hydrogens is 221 g/mol. The Labute approximate surface area is 98.0 Å². The van der Waals surface area contributed by atoms with Crippen molar-refractivity contribution in [3.05, 3.63) is 59.3 Å². The van der Waals surface area contributed by atoms with E-state index < -0.39 is 0 Å². The summed E-state index contributed by atoms with van der Waals surface area (Å²) < 4.78 is 23.4. The van der Waals surface area contributed by atoms with Gasteiger partial charge in [0.05, 0.1) is 24.5 Å². The number of benzene rings is 1. The summed E-state index contributed by atoms with van der Waals surface area (Å²) in [7, 11) is 0. The lowest BCUT2D eigenvalue weighted by molar-refractivity contribution is 0.0926. The van der Waals surface area contributed by atoms with Crippen LogP contribution in [0.3, 0.4) is 0 Å². The standard InChI is InChI=1S/C13H10FNO2/c14-12-4-3-10(7-15)11(6-12)8-16-9-13-2-1-5-17-13/h1-6H,8-9H2. The van der Waals surface area contributed by atoms with Crippen molar-refractivity contribution in [3.8, 4) is 6.07 Å². The van der Waals surface area contributed by atoms with E-state index >= 15 is 0 Å². The first-order valence-corrected chi connectivity index (χ1v) is 5.08. The van der Waals surface area contributed by atoms with Crippen molar-refractivity contribution in [1.29, 1.82) is 5.26 Å². The molecule has 17 heavy (non-hydrogen) atoms. The molecule has 4 heteroatoms. The van der Waals surface area contributed by atoms with E-state index in [1.807, 2.05) is 6.07 Å². The number of nitrogens with zero attached hydrogens (tertiary/aromatic N) is 1. The first kappa shape index (κ1) is 11.4. The Hall–Kier alpha value is -2.12. The molecule has 86 valence electrons. The van der Waals surface area contributed by atoms with Gasteiger partial charge in [0, 0.05) is 0 Å². The molecule has 0 spiro atoms. The SMILES string of the molecule is N#Cc1ccc(F)cc1COCc1ccco1. The Morgan fingerprint density at radius 3 is 2.88 bits per heavy atom. The Morgan fingerprint density at radius 1 is 1.29 bits per heavy atom. The second-order valence-corrected chi connectivity index (χ2v) is 3.49. The molecule has 0 aliphatic heterocycles. The molecule has 2 aromatic rings. The Bertz CT molecular complexity index is 529. The van der Waals surface area contributed by atoms with Gasteiger partial charge in [-0.2, -0.15) is 5.26 Å². The largest absolute Gasteiger partial charge is 0.467 e. The number of nitriles is 1. The van der Waals surface area contributed by atoms with E-state index in [1.54, 1.807) is 18.4 Å². The van der Waals surface area contributed by atoms with Gasteiger partial charge in [-0.25, -0.2) is 4.39 Å². The molecule has 0 fully saturated rings. The number of ether oxygens (including phenoxy) is 1. The highest BCUT2D eigenvalue weighted by Gasteiger charge is 2.04. The minimum absolute atomic E-state index is 0.182. The van der Waals surface area contributed by atoms with Crippen molar-refractivity contribution >= 4 is 0 Å². The van der Waals surface area contributed by atoms with Gasteiger partial charge >= 0.3 is 0 Å². The molecule has 0 atom stereocenters. The predicted molar refractivity (Wildman–Crippen MR) is 58.3 cm³/mol. The van der Waals surface area contributed by atoms with E-state index in [-0.39, 0.29) is 12.4 Å². The fourth-order valence-electron chi connectivity index (χ4n) is 1.45. The highest BCUT2D eigenvalue weighted by atomic mass is 19.1. The van der Waals surface area contributed by atoms with Crippen molar-refractivity contribution in [2.45, 2.75) is 13.2 Å². The zero-order chi connectivity index (χ0) is 12.1. The summed E-state index contributed by atoms with van der Waals surface area (Å²) in [5.41, 5.74) is 0.963. The number of rotatable bonds is 4. The van der Waals surface area contributed by atoms with Crippen LogP contribution < -0.4 is 0 Å². The highest BCUT2D eigenvalue weighted by Crippen LogP contribution is 2.13. The van der Waals surface area contributed by atoms with Gasteiger partial charge in [0.1, 0.15) is 18.2 Å². The maximum absolute atomic E-state index is 13.0. The van der Waals surface area contributed by atoms with Gasteiger partial charge in [0.2, 0.25) is 0 Å². The average Bonchev–Trinajstić information content (AvgIpc) is 2.82. The lowest BCUT2D eigenvalue weighted by Gasteiger charge is -2.04. The first-order valence-electron chi connectivity index (χ1n) is 5.08. The lowest BCUT2D eigenvalue weighted by Crippen LogP contribution is -1.97. The minimum atomic E-state index is -0.374. The van der Waals surface area contributed by atoms with Gasteiger partial charge in [0.25, 0.3) is 0 Å². The van der Waals surface area contributed by atoms with Crippen LogP contribution in [-0.4, -0.2) is 0 Å². The van der Waals surface area contributed by atoms with Gasteiger partial charge in [-0.05, 0) is 35.9 Å². The van der Waals surface area contributed by atoms with Crippen molar-refractivity contribution < 1.29 is 13.5 Å².